The first-order valence-electron chi connectivity index (χ1n) is 9.95. The van der Waals surface area contributed by atoms with Gasteiger partial charge in [-0.15, -0.1) is 11.3 Å². The fourth-order valence-electron chi connectivity index (χ4n) is 3.29. The summed E-state index contributed by atoms with van der Waals surface area (Å²) in [5, 5.41) is 2.40. The molecular weight excluding hydrogens is 535 g/mol. The van der Waals surface area contributed by atoms with Gasteiger partial charge in [-0.1, -0.05) is 0 Å². The highest BCUT2D eigenvalue weighted by Crippen LogP contribution is 2.40. The van der Waals surface area contributed by atoms with Crippen molar-refractivity contribution in [3.8, 4) is 5.75 Å². The van der Waals surface area contributed by atoms with Gasteiger partial charge in [0, 0.05) is 11.5 Å². The second-order valence-corrected chi connectivity index (χ2v) is 8.48. The molecule has 0 aliphatic heterocycles. The minimum Gasteiger partial charge on any atom is -0.479 e. The molecule has 1 aromatic carbocycles. The number of alkyl halides is 3. The zero-order valence-corrected chi connectivity index (χ0v) is 19.0. The maximum absolute atomic E-state index is 13.7. The molecule has 7 nitrogen and oxygen atoms in total. The van der Waals surface area contributed by atoms with E-state index in [0.717, 1.165) is 18.2 Å². The van der Waals surface area contributed by atoms with E-state index in [9.17, 15) is 40.3 Å². The summed E-state index contributed by atoms with van der Waals surface area (Å²) >= 11 is 0.546. The van der Waals surface area contributed by atoms with E-state index in [4.69, 9.17) is 14.9 Å². The first-order valence-corrected chi connectivity index (χ1v) is 10.8. The number of anilines is 1. The van der Waals surface area contributed by atoms with Crippen LogP contribution in [-0.2, 0) is 12.8 Å². The molecule has 0 atom stereocenters. The Morgan fingerprint density at radius 3 is 2.35 bits per heavy atom. The summed E-state index contributed by atoms with van der Waals surface area (Å²) in [5.41, 5.74) is 3.99. The predicted molar refractivity (Wildman–Crippen MR) is 115 cm³/mol. The number of carbonyl (C=O) groups is 2. The number of primary amides is 1. The van der Waals surface area contributed by atoms with Crippen LogP contribution in [0.15, 0.2) is 28.7 Å². The van der Waals surface area contributed by atoms with Crippen LogP contribution in [-0.4, -0.2) is 16.8 Å². The lowest BCUT2D eigenvalue weighted by molar-refractivity contribution is -0.141. The summed E-state index contributed by atoms with van der Waals surface area (Å²) < 4.78 is 103. The van der Waals surface area contributed by atoms with Crippen LogP contribution in [0.5, 0.6) is 5.75 Å². The van der Waals surface area contributed by atoms with Gasteiger partial charge in [-0.2, -0.15) is 22.0 Å². The van der Waals surface area contributed by atoms with Crippen LogP contribution in [0.4, 0.5) is 36.4 Å². The molecule has 3 aromatic heterocycles. The SMILES string of the molecule is Cc1cc(C(F)(F)F)nc2sc(C(N)=O)c(NC(=O)c3ccc(COc4c(F)c(F)cc(F)c4F)o3)c12. The van der Waals surface area contributed by atoms with Gasteiger partial charge in [0.05, 0.1) is 5.69 Å². The molecule has 3 N–H and O–H groups in total. The summed E-state index contributed by atoms with van der Waals surface area (Å²) in [7, 11) is 0. The Bertz CT molecular complexity index is 1540. The van der Waals surface area contributed by atoms with Crippen molar-refractivity contribution in [2.45, 2.75) is 19.7 Å². The first kappa shape index (κ1) is 25.9. The number of furan rings is 1. The lowest BCUT2D eigenvalue weighted by atomic mass is 10.1. The van der Waals surface area contributed by atoms with Crippen LogP contribution >= 0.6 is 11.3 Å². The van der Waals surface area contributed by atoms with Crippen molar-refractivity contribution >= 4 is 39.1 Å². The van der Waals surface area contributed by atoms with Crippen molar-refractivity contribution in [2.75, 3.05) is 5.32 Å². The van der Waals surface area contributed by atoms with Gasteiger partial charge in [-0.3, -0.25) is 9.59 Å². The van der Waals surface area contributed by atoms with Gasteiger partial charge in [0.25, 0.3) is 11.8 Å². The van der Waals surface area contributed by atoms with Crippen molar-refractivity contribution in [3.63, 3.8) is 0 Å². The van der Waals surface area contributed by atoms with Crippen LogP contribution in [0.3, 0.4) is 0 Å². The lowest BCUT2D eigenvalue weighted by Crippen LogP contribution is -2.16. The molecule has 4 aromatic rings. The van der Waals surface area contributed by atoms with Crippen molar-refractivity contribution in [1.29, 1.82) is 0 Å². The van der Waals surface area contributed by atoms with Crippen LogP contribution in [0.1, 0.15) is 37.2 Å². The Morgan fingerprint density at radius 1 is 1.11 bits per heavy atom. The van der Waals surface area contributed by atoms with E-state index in [0.29, 0.717) is 11.3 Å². The van der Waals surface area contributed by atoms with E-state index in [2.05, 4.69) is 10.3 Å². The molecule has 0 aliphatic carbocycles. The molecule has 0 aliphatic rings. The third-order valence-corrected chi connectivity index (χ3v) is 6.03. The normalized spacial score (nSPS) is 11.7. The number of aromatic nitrogens is 1. The minimum absolute atomic E-state index is 0.00249. The quantitative estimate of drug-likeness (QED) is 0.238. The molecule has 0 radical (unpaired) electrons. The summed E-state index contributed by atoms with van der Waals surface area (Å²) in [5.74, 6) is -10.9. The average molecular weight is 547 g/mol. The Hall–Kier alpha value is -4.14. The minimum atomic E-state index is -4.75. The molecule has 4 rings (SSSR count). The van der Waals surface area contributed by atoms with Crippen LogP contribution in [0.2, 0.25) is 0 Å². The van der Waals surface area contributed by atoms with Crippen molar-refractivity contribution in [1.82, 2.24) is 4.98 Å². The smallest absolute Gasteiger partial charge is 0.433 e. The van der Waals surface area contributed by atoms with Gasteiger partial charge >= 0.3 is 6.18 Å². The molecule has 0 spiro atoms. The van der Waals surface area contributed by atoms with Gasteiger partial charge in [-0.05, 0) is 30.7 Å². The summed E-state index contributed by atoms with van der Waals surface area (Å²) in [6.07, 6.45) is -4.75. The lowest BCUT2D eigenvalue weighted by Gasteiger charge is -2.09. The second kappa shape index (κ2) is 9.38. The number of amides is 2. The number of pyridine rings is 1. The standard InChI is InChI=1S/C22H12F7N3O4S/c1-7-4-12(22(27,28)29)31-21-13(7)16(18(37-21)19(30)33)32-20(34)11-3-2-8(36-11)6-35-17-14(25)9(23)5-10(24)15(17)26/h2-5H,6H2,1H3,(H2,30,33)(H,32,34). The van der Waals surface area contributed by atoms with Gasteiger partial charge < -0.3 is 20.2 Å². The molecule has 3 heterocycles. The second-order valence-electron chi connectivity index (χ2n) is 7.48. The van der Waals surface area contributed by atoms with E-state index in [1.165, 1.54) is 6.92 Å². The molecule has 37 heavy (non-hydrogen) atoms. The van der Waals surface area contributed by atoms with E-state index in [1.807, 2.05) is 0 Å². The third-order valence-electron chi connectivity index (χ3n) is 4.93. The first-order chi connectivity index (χ1) is 17.3. The Morgan fingerprint density at radius 2 is 1.76 bits per heavy atom. The van der Waals surface area contributed by atoms with Crippen LogP contribution in [0.25, 0.3) is 10.2 Å². The summed E-state index contributed by atoms with van der Waals surface area (Å²) in [4.78, 5) is 27.7. The third kappa shape index (κ3) is 4.94. The van der Waals surface area contributed by atoms with E-state index < -0.39 is 65.1 Å². The summed E-state index contributed by atoms with van der Waals surface area (Å²) in [6, 6.07) is 3.01. The number of nitrogens with one attached hydrogen (secondary N) is 1. The number of nitrogens with two attached hydrogens (primary N) is 1. The maximum atomic E-state index is 13.7. The highest BCUT2D eigenvalue weighted by atomic mass is 32.1. The zero-order chi connectivity index (χ0) is 27.2. The number of hydrogen-bond acceptors (Lipinski definition) is 6. The van der Waals surface area contributed by atoms with Crippen LogP contribution < -0.4 is 15.8 Å². The Kier molecular flexibility index (Phi) is 6.58. The molecule has 0 bridgehead atoms. The molecule has 15 heteroatoms. The fraction of sp³-hybridized carbons (Fsp3) is 0.136. The zero-order valence-electron chi connectivity index (χ0n) is 18.2. The van der Waals surface area contributed by atoms with Gasteiger partial charge in [0.1, 0.15) is 27.8 Å². The predicted octanol–water partition coefficient (Wildman–Crippen LogP) is 5.70. The molecule has 194 valence electrons. The molecular formula is C22H12F7N3O4S. The number of aryl methyl sites for hydroxylation is 1. The number of hydrogen-bond donors (Lipinski definition) is 2. The van der Waals surface area contributed by atoms with E-state index >= 15 is 0 Å². The fourth-order valence-corrected chi connectivity index (χ4v) is 4.35. The molecule has 0 saturated heterocycles. The monoisotopic (exact) mass is 547 g/mol. The Balaban J connectivity index is 1.60. The van der Waals surface area contributed by atoms with Crippen molar-refractivity contribution in [2.24, 2.45) is 5.73 Å². The number of nitrogens with zero attached hydrogens (tertiary/aromatic N) is 1. The molecule has 0 unspecified atom stereocenters. The molecule has 2 amide bonds. The highest BCUT2D eigenvalue weighted by molar-refractivity contribution is 7.21. The largest absolute Gasteiger partial charge is 0.479 e. The summed E-state index contributed by atoms with van der Waals surface area (Å²) in [6.45, 7) is 0.587. The number of rotatable bonds is 6. The van der Waals surface area contributed by atoms with Gasteiger partial charge in [0.15, 0.2) is 23.1 Å². The van der Waals surface area contributed by atoms with Gasteiger partial charge in [-0.25, -0.2) is 13.8 Å². The van der Waals surface area contributed by atoms with E-state index in [1.54, 1.807) is 0 Å². The average Bonchev–Trinajstić information content (AvgIpc) is 3.42. The van der Waals surface area contributed by atoms with Crippen molar-refractivity contribution < 1.29 is 49.5 Å². The Labute approximate surface area is 205 Å². The maximum Gasteiger partial charge on any atom is 0.433 e. The molecule has 0 saturated carbocycles. The number of benzene rings is 1. The number of ether oxygens (including phenoxy) is 1. The highest BCUT2D eigenvalue weighted by Gasteiger charge is 2.34. The number of halogens is 7. The van der Waals surface area contributed by atoms with Crippen LogP contribution in [0, 0.1) is 30.2 Å². The number of carbonyl (C=O) groups excluding carboxylic acids is 2. The van der Waals surface area contributed by atoms with Crippen molar-refractivity contribution in [3.05, 3.63) is 75.2 Å². The molecule has 0 fully saturated rings. The number of fused-ring (bicyclic) bond motifs is 1. The van der Waals surface area contributed by atoms with Gasteiger partial charge in [0.2, 0.25) is 11.6 Å². The van der Waals surface area contributed by atoms with E-state index in [-0.39, 0.29) is 38.2 Å². The number of thiophene rings is 1. The topological polar surface area (TPSA) is 107 Å².